The minimum absolute atomic E-state index is 0.105. The summed E-state index contributed by atoms with van der Waals surface area (Å²) >= 11 is 1.87. The number of pyridine rings is 1. The van der Waals surface area contributed by atoms with E-state index < -0.39 is 0 Å². The number of aromatic nitrogens is 1. The van der Waals surface area contributed by atoms with Crippen LogP contribution in [0.4, 0.5) is 0 Å². The highest BCUT2D eigenvalue weighted by molar-refractivity contribution is 7.99. The molecular weight excluding hydrogens is 220 g/mol. The van der Waals surface area contributed by atoms with Crippen molar-refractivity contribution in [1.82, 2.24) is 10.3 Å². The number of nitrogens with one attached hydrogen (secondary N) is 1. The first-order valence-electron chi connectivity index (χ1n) is 5.26. The molecule has 1 aromatic heterocycles. The molecule has 16 heavy (non-hydrogen) atoms. The third kappa shape index (κ3) is 2.64. The average molecular weight is 234 g/mol. The standard InChI is InChI=1S/C12H14N2OS/c1-9(11-4-2-3-6-13-11)12(15)14-10-5-7-16-8-10/h2-4,6,10H,1,5,7-8H2,(H,14,15). The molecule has 4 heteroatoms. The highest BCUT2D eigenvalue weighted by atomic mass is 32.2. The molecule has 84 valence electrons. The summed E-state index contributed by atoms with van der Waals surface area (Å²) < 4.78 is 0. The second-order valence-electron chi connectivity index (χ2n) is 3.73. The zero-order valence-corrected chi connectivity index (χ0v) is 9.80. The van der Waals surface area contributed by atoms with Crippen LogP contribution in [-0.2, 0) is 4.79 Å². The van der Waals surface area contributed by atoms with Gasteiger partial charge < -0.3 is 5.32 Å². The molecular formula is C12H14N2OS. The maximum atomic E-state index is 11.8. The molecule has 1 N–H and O–H groups in total. The Morgan fingerprint density at radius 2 is 2.44 bits per heavy atom. The molecule has 1 atom stereocenters. The van der Waals surface area contributed by atoms with Gasteiger partial charge in [-0.3, -0.25) is 9.78 Å². The van der Waals surface area contributed by atoms with Crippen LogP contribution in [0, 0.1) is 0 Å². The van der Waals surface area contributed by atoms with Crippen molar-refractivity contribution in [3.63, 3.8) is 0 Å². The summed E-state index contributed by atoms with van der Waals surface area (Å²) in [5.41, 5.74) is 1.09. The molecule has 2 heterocycles. The van der Waals surface area contributed by atoms with E-state index >= 15 is 0 Å². The predicted octanol–water partition coefficient (Wildman–Crippen LogP) is 1.72. The molecule has 1 fully saturated rings. The number of thioether (sulfide) groups is 1. The molecule has 1 aliphatic heterocycles. The molecule has 3 nitrogen and oxygen atoms in total. The normalized spacial score (nSPS) is 19.4. The molecule has 2 rings (SSSR count). The van der Waals surface area contributed by atoms with Crippen LogP contribution in [0.3, 0.4) is 0 Å². The monoisotopic (exact) mass is 234 g/mol. The summed E-state index contributed by atoms with van der Waals surface area (Å²) in [5, 5.41) is 2.98. The summed E-state index contributed by atoms with van der Waals surface area (Å²) in [6, 6.07) is 5.76. The summed E-state index contributed by atoms with van der Waals surface area (Å²) in [6.07, 6.45) is 2.71. The second kappa shape index (κ2) is 5.16. The molecule has 1 aromatic rings. The highest BCUT2D eigenvalue weighted by Gasteiger charge is 2.19. The number of hydrogen-bond acceptors (Lipinski definition) is 3. The SMILES string of the molecule is C=C(C(=O)NC1CCSC1)c1ccccn1. The van der Waals surface area contributed by atoms with Gasteiger partial charge in [-0.05, 0) is 24.3 Å². The van der Waals surface area contributed by atoms with Crippen molar-refractivity contribution < 1.29 is 4.79 Å². The van der Waals surface area contributed by atoms with Gasteiger partial charge in [-0.15, -0.1) is 0 Å². The summed E-state index contributed by atoms with van der Waals surface area (Å²) in [5.74, 6) is 2.02. The van der Waals surface area contributed by atoms with Crippen molar-refractivity contribution in [2.75, 3.05) is 11.5 Å². The zero-order valence-electron chi connectivity index (χ0n) is 8.98. The van der Waals surface area contributed by atoms with E-state index in [0.29, 0.717) is 11.3 Å². The van der Waals surface area contributed by atoms with Gasteiger partial charge in [0.2, 0.25) is 0 Å². The molecule has 1 unspecified atom stereocenters. The number of rotatable bonds is 3. The van der Waals surface area contributed by atoms with Crippen LogP contribution >= 0.6 is 11.8 Å². The Kier molecular flexibility index (Phi) is 3.62. The maximum Gasteiger partial charge on any atom is 0.253 e. The number of carbonyl (C=O) groups is 1. The Bertz CT molecular complexity index is 385. The first-order chi connectivity index (χ1) is 7.77. The molecule has 0 aliphatic carbocycles. The Balaban J connectivity index is 1.97. The van der Waals surface area contributed by atoms with E-state index in [1.54, 1.807) is 12.3 Å². The van der Waals surface area contributed by atoms with Gasteiger partial charge in [-0.2, -0.15) is 11.8 Å². The molecule has 1 aliphatic rings. The predicted molar refractivity (Wildman–Crippen MR) is 67.1 cm³/mol. The van der Waals surface area contributed by atoms with E-state index in [-0.39, 0.29) is 11.9 Å². The molecule has 0 aromatic carbocycles. The Morgan fingerprint density at radius 1 is 1.56 bits per heavy atom. The first-order valence-corrected chi connectivity index (χ1v) is 6.42. The smallest absolute Gasteiger partial charge is 0.253 e. The van der Waals surface area contributed by atoms with Crippen molar-refractivity contribution in [3.8, 4) is 0 Å². The molecule has 0 radical (unpaired) electrons. The van der Waals surface area contributed by atoms with E-state index in [2.05, 4.69) is 16.9 Å². The lowest BCUT2D eigenvalue weighted by molar-refractivity contribution is -0.116. The van der Waals surface area contributed by atoms with E-state index in [1.165, 1.54) is 0 Å². The Labute approximate surface area is 99.3 Å². The van der Waals surface area contributed by atoms with E-state index in [9.17, 15) is 4.79 Å². The highest BCUT2D eigenvalue weighted by Crippen LogP contribution is 2.18. The minimum Gasteiger partial charge on any atom is -0.348 e. The Hall–Kier alpha value is -1.29. The lowest BCUT2D eigenvalue weighted by atomic mass is 10.1. The van der Waals surface area contributed by atoms with Gasteiger partial charge in [0.25, 0.3) is 5.91 Å². The fraction of sp³-hybridized carbons (Fsp3) is 0.333. The minimum atomic E-state index is -0.105. The van der Waals surface area contributed by atoms with E-state index in [0.717, 1.165) is 17.9 Å². The first kappa shape index (κ1) is 11.2. The van der Waals surface area contributed by atoms with Gasteiger partial charge in [0.05, 0.1) is 11.3 Å². The van der Waals surface area contributed by atoms with Crippen molar-refractivity contribution in [2.24, 2.45) is 0 Å². The van der Waals surface area contributed by atoms with Crippen LogP contribution < -0.4 is 5.32 Å². The third-order valence-electron chi connectivity index (χ3n) is 2.51. The average Bonchev–Trinajstić information content (AvgIpc) is 2.82. The maximum absolute atomic E-state index is 11.8. The fourth-order valence-corrected chi connectivity index (χ4v) is 2.73. The van der Waals surface area contributed by atoms with Crippen molar-refractivity contribution in [3.05, 3.63) is 36.7 Å². The van der Waals surface area contributed by atoms with Crippen LogP contribution in [0.15, 0.2) is 31.0 Å². The van der Waals surface area contributed by atoms with Crippen LogP contribution in [-0.4, -0.2) is 28.4 Å². The van der Waals surface area contributed by atoms with Gasteiger partial charge >= 0.3 is 0 Å². The van der Waals surface area contributed by atoms with Crippen LogP contribution in [0.5, 0.6) is 0 Å². The van der Waals surface area contributed by atoms with Gasteiger partial charge in [0.1, 0.15) is 0 Å². The van der Waals surface area contributed by atoms with Gasteiger partial charge in [0, 0.05) is 18.0 Å². The van der Waals surface area contributed by atoms with Crippen LogP contribution in [0.2, 0.25) is 0 Å². The number of carbonyl (C=O) groups excluding carboxylic acids is 1. The number of nitrogens with zero attached hydrogens (tertiary/aromatic N) is 1. The molecule has 0 saturated carbocycles. The summed E-state index contributed by atoms with van der Waals surface area (Å²) in [4.78, 5) is 15.9. The van der Waals surface area contributed by atoms with Crippen molar-refractivity contribution >= 4 is 23.2 Å². The summed E-state index contributed by atoms with van der Waals surface area (Å²) in [7, 11) is 0. The quantitative estimate of drug-likeness (QED) is 0.810. The van der Waals surface area contributed by atoms with E-state index in [4.69, 9.17) is 0 Å². The topological polar surface area (TPSA) is 42.0 Å². The Morgan fingerprint density at radius 3 is 3.06 bits per heavy atom. The number of amides is 1. The molecule has 0 spiro atoms. The van der Waals surface area contributed by atoms with E-state index in [1.807, 2.05) is 23.9 Å². The molecule has 1 amide bonds. The molecule has 0 bridgehead atoms. The lowest BCUT2D eigenvalue weighted by Crippen LogP contribution is -2.35. The zero-order chi connectivity index (χ0) is 11.4. The second-order valence-corrected chi connectivity index (χ2v) is 4.88. The largest absolute Gasteiger partial charge is 0.348 e. The van der Waals surface area contributed by atoms with Crippen molar-refractivity contribution in [2.45, 2.75) is 12.5 Å². The van der Waals surface area contributed by atoms with Crippen molar-refractivity contribution in [1.29, 1.82) is 0 Å². The van der Waals surface area contributed by atoms with Gasteiger partial charge in [-0.25, -0.2) is 0 Å². The van der Waals surface area contributed by atoms with Crippen LogP contribution in [0.25, 0.3) is 5.57 Å². The van der Waals surface area contributed by atoms with Gasteiger partial charge in [-0.1, -0.05) is 12.6 Å². The van der Waals surface area contributed by atoms with Gasteiger partial charge in [0.15, 0.2) is 0 Å². The molecule has 1 saturated heterocycles. The summed E-state index contributed by atoms with van der Waals surface area (Å²) in [6.45, 7) is 3.79. The lowest BCUT2D eigenvalue weighted by Gasteiger charge is -2.12. The fourth-order valence-electron chi connectivity index (χ4n) is 1.58. The van der Waals surface area contributed by atoms with Crippen LogP contribution in [0.1, 0.15) is 12.1 Å². The third-order valence-corrected chi connectivity index (χ3v) is 3.68. The number of hydrogen-bond donors (Lipinski definition) is 1.